The van der Waals surface area contributed by atoms with E-state index in [1.54, 1.807) is 11.3 Å². The van der Waals surface area contributed by atoms with Crippen molar-refractivity contribution in [1.82, 2.24) is 9.97 Å². The molecule has 0 radical (unpaired) electrons. The normalized spacial score (nSPS) is 13.5. The molecule has 636 valence electrons. The first kappa shape index (κ1) is 81.2. The van der Waals surface area contributed by atoms with Crippen molar-refractivity contribution < 1.29 is 0 Å². The van der Waals surface area contributed by atoms with Gasteiger partial charge in [-0.3, -0.25) is 4.98 Å². The molecule has 0 N–H and O–H groups in total. The first-order chi connectivity index (χ1) is 67.0. The lowest BCUT2D eigenvalue weighted by atomic mass is 10.0. The van der Waals surface area contributed by atoms with Crippen LogP contribution in [0.3, 0.4) is 0 Å². The molecule has 0 amide bonds. The molecule has 19 aromatic carbocycles. The van der Waals surface area contributed by atoms with Crippen LogP contribution in [-0.4, -0.2) is 34.2 Å². The molecule has 0 fully saturated rings. The summed E-state index contributed by atoms with van der Waals surface area (Å²) in [7, 11) is -7.86. The Balaban J connectivity index is 0.000000108. The summed E-state index contributed by atoms with van der Waals surface area (Å²) in [5.41, 5.74) is 19.5. The molecule has 135 heavy (non-hydrogen) atoms. The van der Waals surface area contributed by atoms with E-state index in [2.05, 4.69) is 511 Å². The Morgan fingerprint density at radius 3 is 0.889 bits per heavy atom. The molecule has 0 spiro atoms. The molecule has 24 aromatic rings. The fourth-order valence-corrected chi connectivity index (χ4v) is 41.1. The zero-order chi connectivity index (χ0) is 89.4. The number of pyridine rings is 2. The van der Waals surface area contributed by atoms with E-state index in [9.17, 15) is 0 Å². The second-order valence-corrected chi connectivity index (χ2v) is 49.1. The van der Waals surface area contributed by atoms with Crippen molar-refractivity contribution >= 4 is 232 Å². The van der Waals surface area contributed by atoms with Gasteiger partial charge in [0.1, 0.15) is 4.83 Å². The van der Waals surface area contributed by atoms with Crippen LogP contribution in [0.4, 0.5) is 51.2 Å². The van der Waals surface area contributed by atoms with E-state index >= 15 is 0 Å². The third-order valence-electron chi connectivity index (χ3n) is 27.7. The molecule has 0 atom stereocenters. The topological polar surface area (TPSA) is 35.5 Å². The van der Waals surface area contributed by atoms with Crippen LogP contribution < -0.4 is 76.9 Å². The van der Waals surface area contributed by atoms with Gasteiger partial charge in [-0.25, -0.2) is 4.98 Å². The molecular formula is C124H85N5S3Si3. The van der Waals surface area contributed by atoms with Crippen molar-refractivity contribution in [3.63, 3.8) is 0 Å². The van der Waals surface area contributed by atoms with Crippen molar-refractivity contribution in [1.29, 1.82) is 0 Å². The number of thiophene rings is 3. The number of fused-ring (bicyclic) bond motifs is 15. The van der Waals surface area contributed by atoms with Crippen LogP contribution in [-0.2, 0) is 0 Å². The Labute approximate surface area is 799 Å². The van der Waals surface area contributed by atoms with E-state index in [-0.39, 0.29) is 0 Å². The molecule has 0 saturated heterocycles. The van der Waals surface area contributed by atoms with Crippen LogP contribution >= 0.6 is 34.0 Å². The maximum absolute atomic E-state index is 4.71. The molecular weight excluding hydrogens is 1740 g/mol. The van der Waals surface area contributed by atoms with E-state index in [1.165, 1.54) is 186 Å². The van der Waals surface area contributed by atoms with Gasteiger partial charge in [-0.2, -0.15) is 0 Å². The average molecular weight is 1830 g/mol. The monoisotopic (exact) mass is 1820 g/mol. The Hall–Kier alpha value is -15.8. The summed E-state index contributed by atoms with van der Waals surface area (Å²) in [5, 5.41) is 23.2. The minimum atomic E-state index is -2.63. The van der Waals surface area contributed by atoms with Gasteiger partial charge in [0, 0.05) is 109 Å². The summed E-state index contributed by atoms with van der Waals surface area (Å²) in [4.78, 5) is 17.9. The summed E-state index contributed by atoms with van der Waals surface area (Å²) in [6.45, 7) is 0. The smallest absolute Gasteiger partial charge is 0.184 e. The van der Waals surface area contributed by atoms with Crippen molar-refractivity contribution in [2.24, 2.45) is 0 Å². The molecule has 5 nitrogen and oxygen atoms in total. The zero-order valence-corrected chi connectivity index (χ0v) is 79.0. The van der Waals surface area contributed by atoms with E-state index in [4.69, 9.17) is 4.98 Å². The molecule has 3 aliphatic rings. The quantitative estimate of drug-likeness (QED) is 0.114. The fourth-order valence-electron chi connectivity index (χ4n) is 22.2. The maximum atomic E-state index is 4.71. The van der Waals surface area contributed by atoms with Gasteiger partial charge in [0.2, 0.25) is 0 Å². The Bertz CT molecular complexity index is 8010. The van der Waals surface area contributed by atoms with E-state index in [0.717, 1.165) is 21.7 Å². The number of hydrogen-bond acceptors (Lipinski definition) is 8. The summed E-state index contributed by atoms with van der Waals surface area (Å²) < 4.78 is 6.46. The molecule has 0 bridgehead atoms. The number of nitrogens with zero attached hydrogens (tertiary/aromatic N) is 5. The van der Waals surface area contributed by atoms with Gasteiger partial charge >= 0.3 is 0 Å². The summed E-state index contributed by atoms with van der Waals surface area (Å²) >= 11 is 5.49. The minimum absolute atomic E-state index is 1.08. The molecule has 0 unspecified atom stereocenters. The van der Waals surface area contributed by atoms with Gasteiger partial charge in [0.25, 0.3) is 0 Å². The van der Waals surface area contributed by atoms with Crippen molar-refractivity contribution in [2.75, 3.05) is 14.7 Å². The highest BCUT2D eigenvalue weighted by molar-refractivity contribution is 7.27. The van der Waals surface area contributed by atoms with Gasteiger partial charge in [0.05, 0.1) is 10.2 Å². The SMILES string of the molecule is c1ccc([Si]2(c3ccccc3)c3ccccc3N(c3ccc(-c4cccc5c4sc4ccccc45)cc3)c3ccccc32)cc1.c1ccc([Si]2(c3ccccc3)c3ccccc3N(c3cccc(-c4cccc5c4sc4cccnc45)c3)c3ccccc32)cc1.c1ccc([Si]2(c3ccccc3)c3ccccc3N(c3cccc(-c4cccc5c4sc4ncccc45)c3)c3ccccc32)cc1. The van der Waals surface area contributed by atoms with Crippen LogP contribution in [0, 0.1) is 0 Å². The highest BCUT2D eigenvalue weighted by Gasteiger charge is 2.52. The van der Waals surface area contributed by atoms with Crippen molar-refractivity contribution in [2.45, 2.75) is 0 Å². The van der Waals surface area contributed by atoms with Gasteiger partial charge in [-0.1, -0.05) is 400 Å². The summed E-state index contributed by atoms with van der Waals surface area (Å²) in [6, 6.07) is 186. The van der Waals surface area contributed by atoms with E-state index < -0.39 is 24.2 Å². The van der Waals surface area contributed by atoms with Crippen LogP contribution in [0.1, 0.15) is 0 Å². The van der Waals surface area contributed by atoms with Crippen molar-refractivity contribution in [3.8, 4) is 33.4 Å². The van der Waals surface area contributed by atoms with Crippen LogP contribution in [0.5, 0.6) is 0 Å². The van der Waals surface area contributed by atoms with Crippen LogP contribution in [0.15, 0.2) is 516 Å². The maximum Gasteiger partial charge on any atom is 0.184 e. The molecule has 0 aliphatic carbocycles. The Kier molecular flexibility index (Phi) is 20.5. The van der Waals surface area contributed by atoms with Crippen LogP contribution in [0.2, 0.25) is 0 Å². The highest BCUT2D eigenvalue weighted by Crippen LogP contribution is 2.48. The second-order valence-electron chi connectivity index (χ2n) is 34.8. The lowest BCUT2D eigenvalue weighted by Crippen LogP contribution is -2.77. The predicted octanol–water partition coefficient (Wildman–Crippen LogP) is 25.4. The van der Waals surface area contributed by atoms with Gasteiger partial charge in [0.15, 0.2) is 24.2 Å². The fraction of sp³-hybridized carbons (Fsp3) is 0. The predicted molar refractivity (Wildman–Crippen MR) is 585 cm³/mol. The first-order valence-electron chi connectivity index (χ1n) is 46.1. The summed E-state index contributed by atoms with van der Waals surface area (Å²) in [5.74, 6) is 0. The third-order valence-corrected chi connectivity index (χ3v) is 45.9. The molecule has 11 heteroatoms. The summed E-state index contributed by atoms with van der Waals surface area (Å²) in [6.07, 6.45) is 3.78. The number of aromatic nitrogens is 2. The Morgan fingerprint density at radius 2 is 0.474 bits per heavy atom. The standard InChI is InChI=1S/C42H29NSSi.2C41H28N2SSi/c1-3-14-32(15-4-1)45(33-16-5-2-6-17-33)40-24-11-8-21-37(40)43(38-22-9-12-25-41(38)45)31-28-26-30(27-29-31)34-19-13-20-36-35-18-7-10-23-39(35)44-42(34)36;1-3-16-31(17-4-1)45(32-18-5-2-6-19-32)38-25-9-7-23-36(38)43(37-24-8-10-26-39(37)45)30-15-11-14-29(28-30)33-20-12-21-34-35-22-13-27-42-41(35)44-40(33)34;1-3-16-31(17-4-1)45(32-18-5-2-6-19-32)38-25-9-7-22-35(38)43(36-23-8-10-26-39(36)45)30-15-11-14-29(28-30)33-20-12-21-34-40-37(44-41(33)34)24-13-27-42-40/h1-29H;2*1-28H. The number of anilines is 9. The number of rotatable bonds is 12. The van der Waals surface area contributed by atoms with Gasteiger partial charge in [-0.05, 0) is 199 Å². The van der Waals surface area contributed by atoms with Crippen molar-refractivity contribution in [3.05, 3.63) is 516 Å². The van der Waals surface area contributed by atoms with E-state index in [1.807, 2.05) is 47.2 Å². The number of hydrogen-bond donors (Lipinski definition) is 0. The third kappa shape index (κ3) is 13.2. The van der Waals surface area contributed by atoms with Gasteiger partial charge in [-0.15, -0.1) is 34.0 Å². The average Bonchev–Trinajstić information content (AvgIpc) is 1.70. The first-order valence-corrected chi connectivity index (χ1v) is 54.5. The largest absolute Gasteiger partial charge is 0.311 e. The lowest BCUT2D eigenvalue weighted by molar-refractivity contribution is 1.29. The van der Waals surface area contributed by atoms with Gasteiger partial charge < -0.3 is 14.7 Å². The second kappa shape index (κ2) is 34.1. The number of benzene rings is 19. The highest BCUT2D eigenvalue weighted by atomic mass is 32.1. The van der Waals surface area contributed by atoms with E-state index in [0.29, 0.717) is 0 Å². The zero-order valence-electron chi connectivity index (χ0n) is 73.5. The molecule has 3 aliphatic heterocycles. The number of para-hydroxylation sites is 6. The molecule has 27 rings (SSSR count). The molecule has 0 saturated carbocycles. The molecule has 5 aromatic heterocycles. The minimum Gasteiger partial charge on any atom is -0.311 e. The Morgan fingerprint density at radius 1 is 0.185 bits per heavy atom. The lowest BCUT2D eigenvalue weighted by Gasteiger charge is -2.45. The molecule has 8 heterocycles. The van der Waals surface area contributed by atoms with Crippen LogP contribution in [0.25, 0.3) is 94.2 Å².